The highest BCUT2D eigenvalue weighted by molar-refractivity contribution is 9.10. The molecule has 2 aromatic carbocycles. The number of carbonyl (C=O) groups is 1. The molecule has 7 nitrogen and oxygen atoms in total. The molecular weight excluding hydrogens is 426 g/mol. The fraction of sp³-hybridized carbons (Fsp3) is 0.250. The molecule has 0 aliphatic heterocycles. The van der Waals surface area contributed by atoms with Gasteiger partial charge in [0.25, 0.3) is 5.91 Å². The van der Waals surface area contributed by atoms with Crippen LogP contribution in [-0.4, -0.2) is 41.7 Å². The summed E-state index contributed by atoms with van der Waals surface area (Å²) >= 11 is 3.44. The van der Waals surface area contributed by atoms with Crippen LogP contribution in [-0.2, 0) is 11.3 Å². The summed E-state index contributed by atoms with van der Waals surface area (Å²) < 4.78 is 17.0. The molecule has 3 aromatic rings. The Morgan fingerprint density at radius 2 is 2.04 bits per heavy atom. The lowest BCUT2D eigenvalue weighted by atomic mass is 10.2. The Kier molecular flexibility index (Phi) is 6.30. The second kappa shape index (κ2) is 8.88. The Morgan fingerprint density at radius 3 is 2.79 bits per heavy atom. The zero-order chi connectivity index (χ0) is 20.1. The standard InChI is InChI=1S/C20H20BrN3O4/c1-13-9-16(7-8-17(13)21)27-12-19(25)24(2)11-18-22-20(23-28-18)14-5-4-6-15(10-14)26-3/h4-10H,11-12H2,1-3H3. The number of hydrogen-bond acceptors (Lipinski definition) is 6. The third-order valence-corrected chi connectivity index (χ3v) is 4.98. The van der Waals surface area contributed by atoms with Gasteiger partial charge >= 0.3 is 0 Å². The van der Waals surface area contributed by atoms with E-state index in [0.717, 1.165) is 15.6 Å². The van der Waals surface area contributed by atoms with E-state index < -0.39 is 0 Å². The first kappa shape index (κ1) is 19.9. The van der Waals surface area contributed by atoms with Crippen molar-refractivity contribution < 1.29 is 18.8 Å². The van der Waals surface area contributed by atoms with Crippen molar-refractivity contribution in [2.24, 2.45) is 0 Å². The molecule has 0 unspecified atom stereocenters. The second-order valence-electron chi connectivity index (χ2n) is 6.19. The minimum Gasteiger partial charge on any atom is -0.497 e. The minimum atomic E-state index is -0.193. The van der Waals surface area contributed by atoms with Crippen LogP contribution in [0, 0.1) is 6.92 Å². The second-order valence-corrected chi connectivity index (χ2v) is 7.05. The van der Waals surface area contributed by atoms with Gasteiger partial charge in [0, 0.05) is 17.1 Å². The topological polar surface area (TPSA) is 77.7 Å². The SMILES string of the molecule is COc1cccc(-c2noc(CN(C)C(=O)COc3ccc(Br)c(C)c3)n2)c1. The predicted octanol–water partition coefficient (Wildman–Crippen LogP) is 3.85. The fourth-order valence-corrected chi connectivity index (χ4v) is 2.70. The maximum absolute atomic E-state index is 12.3. The number of likely N-dealkylation sites (N-methyl/N-ethyl adjacent to an activating group) is 1. The summed E-state index contributed by atoms with van der Waals surface area (Å²) in [6.45, 7) is 2.08. The smallest absolute Gasteiger partial charge is 0.260 e. The molecule has 1 amide bonds. The van der Waals surface area contributed by atoms with Gasteiger partial charge in [-0.25, -0.2) is 0 Å². The van der Waals surface area contributed by atoms with E-state index >= 15 is 0 Å². The van der Waals surface area contributed by atoms with Crippen LogP contribution in [0.4, 0.5) is 0 Å². The first-order valence-corrected chi connectivity index (χ1v) is 9.35. The molecule has 0 spiro atoms. The van der Waals surface area contributed by atoms with Gasteiger partial charge in [-0.05, 0) is 42.8 Å². The van der Waals surface area contributed by atoms with E-state index in [1.165, 1.54) is 4.90 Å². The molecule has 0 radical (unpaired) electrons. The van der Waals surface area contributed by atoms with Crippen molar-refractivity contribution in [3.05, 3.63) is 58.4 Å². The van der Waals surface area contributed by atoms with Crippen molar-refractivity contribution >= 4 is 21.8 Å². The number of halogens is 1. The van der Waals surface area contributed by atoms with Crippen LogP contribution < -0.4 is 9.47 Å². The van der Waals surface area contributed by atoms with Crippen LogP contribution in [0.3, 0.4) is 0 Å². The van der Waals surface area contributed by atoms with Crippen LogP contribution in [0.15, 0.2) is 51.5 Å². The van der Waals surface area contributed by atoms with Crippen molar-refractivity contribution in [3.8, 4) is 22.9 Å². The molecule has 3 rings (SSSR count). The third-order valence-electron chi connectivity index (χ3n) is 4.09. The number of hydrogen-bond donors (Lipinski definition) is 0. The molecule has 0 atom stereocenters. The van der Waals surface area contributed by atoms with E-state index in [1.807, 2.05) is 49.4 Å². The van der Waals surface area contributed by atoms with Gasteiger partial charge in [0.1, 0.15) is 11.5 Å². The number of nitrogens with zero attached hydrogens (tertiary/aromatic N) is 3. The molecule has 0 N–H and O–H groups in total. The molecule has 0 saturated heterocycles. The van der Waals surface area contributed by atoms with Gasteiger partial charge in [0.05, 0.1) is 13.7 Å². The molecule has 1 aromatic heterocycles. The number of aryl methyl sites for hydroxylation is 1. The highest BCUT2D eigenvalue weighted by atomic mass is 79.9. The molecule has 8 heteroatoms. The third kappa shape index (κ3) is 4.89. The predicted molar refractivity (Wildman–Crippen MR) is 107 cm³/mol. The Labute approximate surface area is 171 Å². The van der Waals surface area contributed by atoms with Crippen LogP contribution in [0.5, 0.6) is 11.5 Å². The summed E-state index contributed by atoms with van der Waals surface area (Å²) in [5.74, 6) is 1.93. The zero-order valence-corrected chi connectivity index (χ0v) is 17.4. The Balaban J connectivity index is 1.58. The van der Waals surface area contributed by atoms with Crippen molar-refractivity contribution in [2.45, 2.75) is 13.5 Å². The van der Waals surface area contributed by atoms with Crippen molar-refractivity contribution in [3.63, 3.8) is 0 Å². The Morgan fingerprint density at radius 1 is 1.21 bits per heavy atom. The quantitative estimate of drug-likeness (QED) is 0.549. The average Bonchev–Trinajstić information content (AvgIpc) is 3.17. The highest BCUT2D eigenvalue weighted by Crippen LogP contribution is 2.22. The first-order chi connectivity index (χ1) is 13.5. The molecule has 0 aliphatic rings. The first-order valence-electron chi connectivity index (χ1n) is 8.56. The molecule has 0 saturated carbocycles. The van der Waals surface area contributed by atoms with Gasteiger partial charge in [-0.1, -0.05) is 33.2 Å². The van der Waals surface area contributed by atoms with Crippen LogP contribution in [0.25, 0.3) is 11.4 Å². The van der Waals surface area contributed by atoms with E-state index in [1.54, 1.807) is 14.2 Å². The van der Waals surface area contributed by atoms with E-state index in [2.05, 4.69) is 26.1 Å². The molecule has 1 heterocycles. The lowest BCUT2D eigenvalue weighted by Gasteiger charge is -2.15. The minimum absolute atomic E-state index is 0.0749. The Hall–Kier alpha value is -2.87. The summed E-state index contributed by atoms with van der Waals surface area (Å²) in [4.78, 5) is 18.1. The normalized spacial score (nSPS) is 10.6. The van der Waals surface area contributed by atoms with Gasteiger partial charge < -0.3 is 18.9 Å². The van der Waals surface area contributed by atoms with Crippen LogP contribution >= 0.6 is 15.9 Å². The van der Waals surface area contributed by atoms with Crippen LogP contribution in [0.1, 0.15) is 11.5 Å². The van der Waals surface area contributed by atoms with Gasteiger partial charge in [0.15, 0.2) is 6.61 Å². The number of amides is 1. The van der Waals surface area contributed by atoms with Gasteiger partial charge in [-0.2, -0.15) is 4.98 Å². The highest BCUT2D eigenvalue weighted by Gasteiger charge is 2.15. The molecular formula is C20H20BrN3O4. The lowest BCUT2D eigenvalue weighted by molar-refractivity contribution is -0.132. The largest absolute Gasteiger partial charge is 0.497 e. The monoisotopic (exact) mass is 445 g/mol. The molecule has 0 aliphatic carbocycles. The number of aromatic nitrogens is 2. The summed E-state index contributed by atoms with van der Waals surface area (Å²) in [6.07, 6.45) is 0. The number of methoxy groups -OCH3 is 1. The van der Waals surface area contributed by atoms with Crippen molar-refractivity contribution in [2.75, 3.05) is 20.8 Å². The maximum Gasteiger partial charge on any atom is 0.260 e. The fourth-order valence-electron chi connectivity index (χ4n) is 2.45. The van der Waals surface area contributed by atoms with Crippen LogP contribution in [0.2, 0.25) is 0 Å². The molecule has 0 bridgehead atoms. The van der Waals surface area contributed by atoms with Gasteiger partial charge in [-0.3, -0.25) is 4.79 Å². The number of rotatable bonds is 7. The van der Waals surface area contributed by atoms with Crippen molar-refractivity contribution in [1.82, 2.24) is 15.0 Å². The number of ether oxygens (including phenoxy) is 2. The van der Waals surface area contributed by atoms with E-state index in [-0.39, 0.29) is 19.1 Å². The van der Waals surface area contributed by atoms with E-state index in [0.29, 0.717) is 23.2 Å². The summed E-state index contributed by atoms with van der Waals surface area (Å²) in [5.41, 5.74) is 1.81. The van der Waals surface area contributed by atoms with Gasteiger partial charge in [0.2, 0.25) is 11.7 Å². The van der Waals surface area contributed by atoms with Gasteiger partial charge in [-0.15, -0.1) is 0 Å². The summed E-state index contributed by atoms with van der Waals surface area (Å²) in [6, 6.07) is 12.9. The van der Waals surface area contributed by atoms with E-state index in [4.69, 9.17) is 14.0 Å². The molecule has 0 fully saturated rings. The summed E-state index contributed by atoms with van der Waals surface area (Å²) in [7, 11) is 3.26. The lowest BCUT2D eigenvalue weighted by Crippen LogP contribution is -2.31. The number of carbonyl (C=O) groups excluding carboxylic acids is 1. The zero-order valence-electron chi connectivity index (χ0n) is 15.8. The maximum atomic E-state index is 12.3. The molecule has 28 heavy (non-hydrogen) atoms. The van der Waals surface area contributed by atoms with Crippen molar-refractivity contribution in [1.29, 1.82) is 0 Å². The average molecular weight is 446 g/mol. The van der Waals surface area contributed by atoms with E-state index in [9.17, 15) is 4.79 Å². The summed E-state index contributed by atoms with van der Waals surface area (Å²) in [5, 5.41) is 3.97. The number of benzene rings is 2. The Bertz CT molecular complexity index is 974. The molecule has 146 valence electrons.